The molecule has 24 heavy (non-hydrogen) atoms. The average Bonchev–Trinajstić information content (AvgIpc) is 2.60. The number of methoxy groups -OCH3 is 1. The van der Waals surface area contributed by atoms with Gasteiger partial charge in [-0.2, -0.15) is 0 Å². The molecule has 1 amide bonds. The fourth-order valence-electron chi connectivity index (χ4n) is 2.27. The molecular formula is C18H18BrNO4. The number of esters is 1. The van der Waals surface area contributed by atoms with Gasteiger partial charge in [-0.05, 0) is 23.3 Å². The van der Waals surface area contributed by atoms with E-state index >= 15 is 0 Å². The van der Waals surface area contributed by atoms with Crippen LogP contribution in [0.4, 0.5) is 0 Å². The van der Waals surface area contributed by atoms with E-state index < -0.39 is 24.0 Å². The number of aliphatic hydroxyl groups is 1. The smallest absolute Gasteiger partial charge is 0.328 e. The van der Waals surface area contributed by atoms with Gasteiger partial charge < -0.3 is 15.2 Å². The normalized spacial score (nSPS) is 13.0. The maximum atomic E-state index is 12.3. The van der Waals surface area contributed by atoms with E-state index in [4.69, 9.17) is 4.74 Å². The molecule has 2 N–H and O–H groups in total. The summed E-state index contributed by atoms with van der Waals surface area (Å²) < 4.78 is 5.63. The highest BCUT2D eigenvalue weighted by atomic mass is 79.9. The molecule has 2 rings (SSSR count). The maximum Gasteiger partial charge on any atom is 0.328 e. The maximum absolute atomic E-state index is 12.3. The molecule has 0 unspecified atom stereocenters. The van der Waals surface area contributed by atoms with Gasteiger partial charge in [-0.15, -0.1) is 0 Å². The number of halogens is 1. The van der Waals surface area contributed by atoms with Gasteiger partial charge in [0, 0.05) is 10.9 Å². The number of carbonyl (C=O) groups is 2. The predicted molar refractivity (Wildman–Crippen MR) is 93.2 cm³/mol. The summed E-state index contributed by atoms with van der Waals surface area (Å²) in [6, 6.07) is 15.1. The van der Waals surface area contributed by atoms with Gasteiger partial charge in [-0.25, -0.2) is 4.79 Å². The van der Waals surface area contributed by atoms with Gasteiger partial charge >= 0.3 is 5.97 Å². The molecule has 0 saturated heterocycles. The lowest BCUT2D eigenvalue weighted by Gasteiger charge is -2.19. The van der Waals surface area contributed by atoms with Crippen LogP contribution in [0.5, 0.6) is 0 Å². The van der Waals surface area contributed by atoms with Crippen molar-refractivity contribution in [3.8, 4) is 0 Å². The summed E-state index contributed by atoms with van der Waals surface area (Å²) in [5, 5.41) is 12.7. The Morgan fingerprint density at radius 2 is 1.88 bits per heavy atom. The van der Waals surface area contributed by atoms with Gasteiger partial charge in [0.1, 0.15) is 6.04 Å². The molecule has 0 heterocycles. The zero-order valence-corrected chi connectivity index (χ0v) is 14.7. The second kappa shape index (κ2) is 8.61. The lowest BCUT2D eigenvalue weighted by atomic mass is 10.0. The first-order valence-electron chi connectivity index (χ1n) is 7.37. The predicted octanol–water partition coefficient (Wildman–Crippen LogP) is 2.38. The first kappa shape index (κ1) is 18.2. The van der Waals surface area contributed by atoms with Crippen molar-refractivity contribution in [2.75, 3.05) is 7.11 Å². The second-order valence-corrected chi connectivity index (χ2v) is 6.15. The number of amides is 1. The van der Waals surface area contributed by atoms with Crippen molar-refractivity contribution < 1.29 is 19.4 Å². The van der Waals surface area contributed by atoms with Crippen LogP contribution in [-0.4, -0.2) is 30.1 Å². The van der Waals surface area contributed by atoms with Crippen LogP contribution in [0.2, 0.25) is 0 Å². The Labute approximate surface area is 148 Å². The summed E-state index contributed by atoms with van der Waals surface area (Å²) in [6.07, 6.45) is -1.08. The van der Waals surface area contributed by atoms with Gasteiger partial charge in [0.15, 0.2) is 6.10 Å². The fraction of sp³-hybridized carbons (Fsp3) is 0.222. The van der Waals surface area contributed by atoms with Crippen molar-refractivity contribution in [1.82, 2.24) is 5.32 Å². The number of rotatable bonds is 6. The number of carbonyl (C=O) groups excluding carboxylic acids is 2. The molecule has 0 aliphatic heterocycles. The van der Waals surface area contributed by atoms with E-state index in [-0.39, 0.29) is 6.42 Å². The minimum Gasteiger partial charge on any atom is -0.467 e. The van der Waals surface area contributed by atoms with Gasteiger partial charge in [0.2, 0.25) is 0 Å². The Morgan fingerprint density at radius 3 is 2.50 bits per heavy atom. The van der Waals surface area contributed by atoms with Crippen LogP contribution in [0.1, 0.15) is 17.2 Å². The molecule has 0 radical (unpaired) electrons. The fourth-order valence-corrected chi connectivity index (χ4v) is 2.72. The van der Waals surface area contributed by atoms with E-state index in [9.17, 15) is 14.7 Å². The molecule has 2 aromatic carbocycles. The summed E-state index contributed by atoms with van der Waals surface area (Å²) in [4.78, 5) is 24.2. The Bertz CT molecular complexity index is 705. The van der Waals surface area contributed by atoms with Crippen molar-refractivity contribution >= 4 is 27.8 Å². The van der Waals surface area contributed by atoms with Crippen LogP contribution in [0.25, 0.3) is 0 Å². The first-order chi connectivity index (χ1) is 11.5. The van der Waals surface area contributed by atoms with Crippen LogP contribution >= 0.6 is 15.9 Å². The van der Waals surface area contributed by atoms with E-state index in [0.717, 1.165) is 10.0 Å². The van der Waals surface area contributed by atoms with Crippen LogP contribution in [0.3, 0.4) is 0 Å². The molecular weight excluding hydrogens is 374 g/mol. The van der Waals surface area contributed by atoms with E-state index in [1.807, 2.05) is 24.3 Å². The lowest BCUT2D eigenvalue weighted by molar-refractivity contribution is -0.146. The van der Waals surface area contributed by atoms with E-state index in [1.54, 1.807) is 30.3 Å². The molecule has 0 aliphatic rings. The summed E-state index contributed by atoms with van der Waals surface area (Å²) in [5.74, 6) is -1.21. The molecule has 126 valence electrons. The topological polar surface area (TPSA) is 75.6 Å². The van der Waals surface area contributed by atoms with Gasteiger partial charge in [-0.3, -0.25) is 4.79 Å². The Kier molecular flexibility index (Phi) is 6.52. The molecule has 0 fully saturated rings. The third-order valence-electron chi connectivity index (χ3n) is 3.49. The number of nitrogens with one attached hydrogen (secondary N) is 1. The third-order valence-corrected chi connectivity index (χ3v) is 3.99. The van der Waals surface area contributed by atoms with Crippen molar-refractivity contribution in [2.24, 2.45) is 0 Å². The average molecular weight is 392 g/mol. The highest BCUT2D eigenvalue weighted by Crippen LogP contribution is 2.15. The number of ether oxygens (including phenoxy) is 1. The molecule has 5 nitrogen and oxygen atoms in total. The SMILES string of the molecule is COC(=O)[C@@H](Cc1cccc(Br)c1)NC(=O)[C@@H](O)c1ccccc1. The molecule has 0 aliphatic carbocycles. The Balaban J connectivity index is 2.11. The van der Waals surface area contributed by atoms with E-state index in [0.29, 0.717) is 5.56 Å². The number of hydrogen-bond donors (Lipinski definition) is 2. The summed E-state index contributed by atoms with van der Waals surface area (Å²) >= 11 is 3.37. The highest BCUT2D eigenvalue weighted by Gasteiger charge is 2.26. The van der Waals surface area contributed by atoms with Crippen LogP contribution < -0.4 is 5.32 Å². The third kappa shape index (κ3) is 4.91. The van der Waals surface area contributed by atoms with E-state index in [2.05, 4.69) is 21.2 Å². The molecule has 2 aromatic rings. The van der Waals surface area contributed by atoms with Crippen molar-refractivity contribution in [3.05, 3.63) is 70.2 Å². The number of aliphatic hydroxyl groups excluding tert-OH is 1. The lowest BCUT2D eigenvalue weighted by Crippen LogP contribution is -2.45. The van der Waals surface area contributed by atoms with E-state index in [1.165, 1.54) is 7.11 Å². The molecule has 0 saturated carbocycles. The molecule has 6 heteroatoms. The second-order valence-electron chi connectivity index (χ2n) is 5.23. The highest BCUT2D eigenvalue weighted by molar-refractivity contribution is 9.10. The number of benzene rings is 2. The zero-order chi connectivity index (χ0) is 17.5. The standard InChI is InChI=1S/C18H18BrNO4/c1-24-18(23)15(11-12-6-5-9-14(19)10-12)20-17(22)16(21)13-7-3-2-4-8-13/h2-10,15-16,21H,11H2,1H3,(H,20,22)/t15-,16+/m1/s1. The molecule has 0 aromatic heterocycles. The minimum atomic E-state index is -1.35. The Morgan fingerprint density at radius 1 is 1.17 bits per heavy atom. The van der Waals surface area contributed by atoms with Crippen molar-refractivity contribution in [2.45, 2.75) is 18.6 Å². The van der Waals surface area contributed by atoms with Crippen molar-refractivity contribution in [1.29, 1.82) is 0 Å². The quantitative estimate of drug-likeness (QED) is 0.741. The molecule has 0 bridgehead atoms. The molecule has 2 atom stereocenters. The summed E-state index contributed by atoms with van der Waals surface area (Å²) in [7, 11) is 1.26. The van der Waals surface area contributed by atoms with Crippen LogP contribution in [0.15, 0.2) is 59.1 Å². The minimum absolute atomic E-state index is 0.263. The largest absolute Gasteiger partial charge is 0.467 e. The van der Waals surface area contributed by atoms with Gasteiger partial charge in [0.25, 0.3) is 5.91 Å². The summed E-state index contributed by atoms with van der Waals surface area (Å²) in [5.41, 5.74) is 1.32. The molecule has 0 spiro atoms. The van der Waals surface area contributed by atoms with Gasteiger partial charge in [0.05, 0.1) is 7.11 Å². The number of hydrogen-bond acceptors (Lipinski definition) is 4. The van der Waals surface area contributed by atoms with Crippen LogP contribution in [0, 0.1) is 0 Å². The van der Waals surface area contributed by atoms with Gasteiger partial charge in [-0.1, -0.05) is 58.4 Å². The van der Waals surface area contributed by atoms with Crippen LogP contribution in [-0.2, 0) is 20.7 Å². The van der Waals surface area contributed by atoms with Crippen molar-refractivity contribution in [3.63, 3.8) is 0 Å². The first-order valence-corrected chi connectivity index (χ1v) is 8.16. The summed E-state index contributed by atoms with van der Waals surface area (Å²) in [6.45, 7) is 0. The zero-order valence-electron chi connectivity index (χ0n) is 13.1. The monoisotopic (exact) mass is 391 g/mol. The Hall–Kier alpha value is -2.18.